The molecule has 1 heterocycles. The van der Waals surface area contributed by atoms with E-state index >= 15 is 0 Å². The fourth-order valence-electron chi connectivity index (χ4n) is 2.18. The van der Waals surface area contributed by atoms with Gasteiger partial charge in [0.05, 0.1) is 11.1 Å². The van der Waals surface area contributed by atoms with E-state index in [1.165, 1.54) is 28.9 Å². The Balaban J connectivity index is 1.51. The van der Waals surface area contributed by atoms with E-state index in [0.29, 0.717) is 22.2 Å². The average Bonchev–Trinajstić information content (AvgIpc) is 3.09. The predicted octanol–water partition coefficient (Wildman–Crippen LogP) is 3.06. The van der Waals surface area contributed by atoms with E-state index in [0.717, 1.165) is 0 Å². The second-order valence-corrected chi connectivity index (χ2v) is 5.94. The number of ether oxygens (including phenoxy) is 1. The van der Waals surface area contributed by atoms with Crippen LogP contribution in [0.4, 0.5) is 11.4 Å². The van der Waals surface area contributed by atoms with E-state index in [9.17, 15) is 14.9 Å². The standard InChI is InChI=1S/C17H14ClN5O4/c18-12-1-3-13(4-2-12)19-17(24)10-22-9-14(20-21-22)11-27-16-7-5-15(6-8-16)23(25)26/h1-9H,10-11H2,(H,19,24). The van der Waals surface area contributed by atoms with Crippen molar-refractivity contribution >= 4 is 28.9 Å². The maximum absolute atomic E-state index is 12.0. The number of anilines is 1. The monoisotopic (exact) mass is 387 g/mol. The summed E-state index contributed by atoms with van der Waals surface area (Å²) in [4.78, 5) is 22.2. The number of halogens is 1. The number of aromatic nitrogens is 3. The minimum absolute atomic E-state index is 0.00679. The molecule has 1 amide bonds. The molecule has 0 bridgehead atoms. The van der Waals surface area contributed by atoms with E-state index in [1.54, 1.807) is 30.5 Å². The second-order valence-electron chi connectivity index (χ2n) is 5.50. The van der Waals surface area contributed by atoms with Crippen molar-refractivity contribution in [3.8, 4) is 5.75 Å². The van der Waals surface area contributed by atoms with Gasteiger partial charge >= 0.3 is 0 Å². The molecule has 3 rings (SSSR count). The number of hydrogen-bond donors (Lipinski definition) is 1. The maximum atomic E-state index is 12.0. The molecule has 27 heavy (non-hydrogen) atoms. The number of rotatable bonds is 7. The SMILES string of the molecule is O=C(Cn1cc(COc2ccc([N+](=O)[O-])cc2)nn1)Nc1ccc(Cl)cc1. The van der Waals surface area contributed by atoms with E-state index in [4.69, 9.17) is 16.3 Å². The number of nitrogens with zero attached hydrogens (tertiary/aromatic N) is 4. The van der Waals surface area contributed by atoms with Gasteiger partial charge < -0.3 is 10.1 Å². The molecule has 0 aliphatic carbocycles. The number of carbonyl (C=O) groups is 1. The highest BCUT2D eigenvalue weighted by molar-refractivity contribution is 6.30. The van der Waals surface area contributed by atoms with Gasteiger partial charge in [0.1, 0.15) is 24.6 Å². The van der Waals surface area contributed by atoms with Crippen molar-refractivity contribution in [3.05, 3.63) is 75.6 Å². The van der Waals surface area contributed by atoms with Crippen LogP contribution < -0.4 is 10.1 Å². The van der Waals surface area contributed by atoms with E-state index in [2.05, 4.69) is 15.6 Å². The van der Waals surface area contributed by atoms with Crippen LogP contribution in [0, 0.1) is 10.1 Å². The number of amides is 1. The Bertz CT molecular complexity index is 941. The van der Waals surface area contributed by atoms with Crippen LogP contribution in [0.2, 0.25) is 5.02 Å². The first-order valence-electron chi connectivity index (χ1n) is 7.81. The molecule has 0 spiro atoms. The van der Waals surface area contributed by atoms with Gasteiger partial charge in [0, 0.05) is 22.8 Å². The van der Waals surface area contributed by atoms with E-state index in [-0.39, 0.29) is 24.7 Å². The summed E-state index contributed by atoms with van der Waals surface area (Å²) in [6.45, 7) is 0.115. The first-order valence-corrected chi connectivity index (χ1v) is 8.19. The van der Waals surface area contributed by atoms with Crippen molar-refractivity contribution in [2.24, 2.45) is 0 Å². The predicted molar refractivity (Wildman–Crippen MR) is 97.5 cm³/mol. The van der Waals surface area contributed by atoms with Crippen molar-refractivity contribution in [1.82, 2.24) is 15.0 Å². The van der Waals surface area contributed by atoms with Crippen LogP contribution in [0.3, 0.4) is 0 Å². The van der Waals surface area contributed by atoms with Crippen molar-refractivity contribution in [2.45, 2.75) is 13.2 Å². The first kappa shape index (κ1) is 18.3. The largest absolute Gasteiger partial charge is 0.487 e. The van der Waals surface area contributed by atoms with Gasteiger partial charge in [0.15, 0.2) is 0 Å². The van der Waals surface area contributed by atoms with Crippen LogP contribution in [-0.2, 0) is 17.9 Å². The van der Waals surface area contributed by atoms with E-state index < -0.39 is 4.92 Å². The average molecular weight is 388 g/mol. The molecule has 1 aromatic heterocycles. The number of hydrogen-bond acceptors (Lipinski definition) is 6. The number of carbonyl (C=O) groups excluding carboxylic acids is 1. The Morgan fingerprint density at radius 2 is 1.89 bits per heavy atom. The fraction of sp³-hybridized carbons (Fsp3) is 0.118. The number of benzene rings is 2. The summed E-state index contributed by atoms with van der Waals surface area (Å²) in [5, 5.41) is 21.7. The zero-order valence-electron chi connectivity index (χ0n) is 13.9. The Morgan fingerprint density at radius 3 is 2.56 bits per heavy atom. The molecule has 0 aliphatic heterocycles. The molecule has 3 aromatic rings. The molecule has 9 nitrogen and oxygen atoms in total. The highest BCUT2D eigenvalue weighted by Gasteiger charge is 2.08. The highest BCUT2D eigenvalue weighted by atomic mass is 35.5. The Kier molecular flexibility index (Phi) is 5.62. The third kappa shape index (κ3) is 5.25. The number of nitro benzene ring substituents is 1. The van der Waals surface area contributed by atoms with Gasteiger partial charge in [-0.3, -0.25) is 14.9 Å². The summed E-state index contributed by atoms with van der Waals surface area (Å²) in [7, 11) is 0. The molecule has 0 radical (unpaired) electrons. The van der Waals surface area contributed by atoms with Gasteiger partial charge in [0.2, 0.25) is 5.91 Å². The Morgan fingerprint density at radius 1 is 1.19 bits per heavy atom. The van der Waals surface area contributed by atoms with Crippen LogP contribution in [0.1, 0.15) is 5.69 Å². The summed E-state index contributed by atoms with van der Waals surface area (Å²) in [6, 6.07) is 12.5. The molecule has 138 valence electrons. The highest BCUT2D eigenvalue weighted by Crippen LogP contribution is 2.18. The lowest BCUT2D eigenvalue weighted by Gasteiger charge is -2.05. The summed E-state index contributed by atoms with van der Waals surface area (Å²) in [5.41, 5.74) is 1.14. The molecule has 1 N–H and O–H groups in total. The molecule has 0 saturated heterocycles. The molecule has 0 aliphatic rings. The number of nitrogens with one attached hydrogen (secondary N) is 1. The molecule has 0 atom stereocenters. The summed E-state index contributed by atoms with van der Waals surface area (Å²) in [5.74, 6) is 0.209. The Hall–Kier alpha value is -3.46. The van der Waals surface area contributed by atoms with Crippen molar-refractivity contribution < 1.29 is 14.5 Å². The quantitative estimate of drug-likeness (QED) is 0.492. The van der Waals surface area contributed by atoms with Crippen LogP contribution in [0.5, 0.6) is 5.75 Å². The lowest BCUT2D eigenvalue weighted by atomic mass is 10.3. The normalized spacial score (nSPS) is 10.4. The molecule has 0 saturated carbocycles. The van der Waals surface area contributed by atoms with Crippen LogP contribution in [0.15, 0.2) is 54.7 Å². The van der Waals surface area contributed by atoms with Gasteiger partial charge in [-0.1, -0.05) is 16.8 Å². The Labute approximate surface area is 158 Å². The van der Waals surface area contributed by atoms with E-state index in [1.807, 2.05) is 0 Å². The van der Waals surface area contributed by atoms with Gasteiger partial charge in [0.25, 0.3) is 5.69 Å². The zero-order chi connectivity index (χ0) is 19.2. The van der Waals surface area contributed by atoms with Crippen molar-refractivity contribution in [1.29, 1.82) is 0 Å². The second kappa shape index (κ2) is 8.28. The molecule has 10 heteroatoms. The van der Waals surface area contributed by atoms with Crippen molar-refractivity contribution in [3.63, 3.8) is 0 Å². The fourth-order valence-corrected chi connectivity index (χ4v) is 2.31. The number of nitro groups is 1. The third-order valence-electron chi connectivity index (χ3n) is 3.45. The molecular formula is C17H14ClN5O4. The lowest BCUT2D eigenvalue weighted by molar-refractivity contribution is -0.384. The lowest BCUT2D eigenvalue weighted by Crippen LogP contribution is -2.19. The molecule has 2 aromatic carbocycles. The van der Waals surface area contributed by atoms with Gasteiger partial charge in [-0.05, 0) is 36.4 Å². The smallest absolute Gasteiger partial charge is 0.269 e. The zero-order valence-corrected chi connectivity index (χ0v) is 14.7. The maximum Gasteiger partial charge on any atom is 0.269 e. The summed E-state index contributed by atoms with van der Waals surface area (Å²) < 4.78 is 6.89. The van der Waals surface area contributed by atoms with Crippen LogP contribution in [0.25, 0.3) is 0 Å². The summed E-state index contributed by atoms with van der Waals surface area (Å²) in [6.07, 6.45) is 1.59. The topological polar surface area (TPSA) is 112 Å². The van der Waals surface area contributed by atoms with Gasteiger partial charge in [-0.2, -0.15) is 0 Å². The number of non-ortho nitro benzene ring substituents is 1. The van der Waals surface area contributed by atoms with Gasteiger partial charge in [-0.15, -0.1) is 5.10 Å². The molecular weight excluding hydrogens is 374 g/mol. The molecule has 0 unspecified atom stereocenters. The van der Waals surface area contributed by atoms with Crippen LogP contribution >= 0.6 is 11.6 Å². The minimum atomic E-state index is -0.482. The van der Waals surface area contributed by atoms with Gasteiger partial charge in [-0.25, -0.2) is 4.68 Å². The minimum Gasteiger partial charge on any atom is -0.487 e. The van der Waals surface area contributed by atoms with Crippen LogP contribution in [-0.4, -0.2) is 25.8 Å². The van der Waals surface area contributed by atoms with Crippen molar-refractivity contribution in [2.75, 3.05) is 5.32 Å². The molecule has 0 fully saturated rings. The first-order chi connectivity index (χ1) is 13.0. The summed E-state index contributed by atoms with van der Waals surface area (Å²) >= 11 is 5.80. The third-order valence-corrected chi connectivity index (χ3v) is 3.71.